The number of hydrogen-bond acceptors (Lipinski definition) is 6. The van der Waals surface area contributed by atoms with Crippen LogP contribution in [-0.2, 0) is 11.2 Å². The number of hydrogen-bond donors (Lipinski definition) is 1. The van der Waals surface area contributed by atoms with Crippen molar-refractivity contribution < 1.29 is 33.6 Å². The fourth-order valence-electron chi connectivity index (χ4n) is 4.57. The van der Waals surface area contributed by atoms with E-state index in [4.69, 9.17) is 18.9 Å². The van der Waals surface area contributed by atoms with Crippen molar-refractivity contribution in [1.82, 2.24) is 4.90 Å². The predicted molar refractivity (Wildman–Crippen MR) is 107 cm³/mol. The summed E-state index contributed by atoms with van der Waals surface area (Å²) in [5.74, 6) is -0.552. The molecule has 0 aromatic heterocycles. The number of carboxylic acid groups (broad SMARTS) is 1. The first-order chi connectivity index (χ1) is 14.5. The van der Waals surface area contributed by atoms with Crippen LogP contribution in [0.3, 0.4) is 0 Å². The number of methoxy groups -OCH3 is 4. The number of benzene rings is 2. The smallest absolute Gasteiger partial charge is 0.313 e. The minimum absolute atomic E-state index is 0.240. The van der Waals surface area contributed by atoms with Crippen LogP contribution in [0.4, 0.5) is 0 Å². The molecule has 0 aliphatic carbocycles. The van der Waals surface area contributed by atoms with Gasteiger partial charge in [0.1, 0.15) is 5.92 Å². The number of nitrogens with zero attached hydrogens (tertiary/aromatic N) is 1. The quantitative estimate of drug-likeness (QED) is 0.805. The lowest BCUT2D eigenvalue weighted by atomic mass is 9.76. The normalized spacial score (nSPS) is 19.3. The van der Waals surface area contributed by atoms with E-state index in [0.29, 0.717) is 35.8 Å². The van der Waals surface area contributed by atoms with E-state index in [9.17, 15) is 14.7 Å². The molecule has 2 aliphatic heterocycles. The monoisotopic (exact) mass is 413 g/mol. The minimum Gasteiger partial charge on any atom is -0.493 e. The largest absolute Gasteiger partial charge is 0.493 e. The average molecular weight is 413 g/mol. The second kappa shape index (κ2) is 7.44. The van der Waals surface area contributed by atoms with Crippen molar-refractivity contribution in [2.45, 2.75) is 18.4 Å². The van der Waals surface area contributed by atoms with Crippen LogP contribution in [0.5, 0.6) is 23.0 Å². The van der Waals surface area contributed by atoms with Crippen LogP contribution in [0, 0.1) is 0 Å². The highest BCUT2D eigenvalue weighted by molar-refractivity contribution is 6.03. The molecule has 8 nitrogen and oxygen atoms in total. The highest BCUT2D eigenvalue weighted by Gasteiger charge is 2.48. The summed E-state index contributed by atoms with van der Waals surface area (Å²) in [6.07, 6.45) is 0.575. The van der Waals surface area contributed by atoms with Gasteiger partial charge in [0.25, 0.3) is 5.91 Å². The minimum atomic E-state index is -1.02. The molecule has 2 aromatic rings. The van der Waals surface area contributed by atoms with E-state index in [1.165, 1.54) is 21.3 Å². The number of carboxylic acids is 1. The third kappa shape index (κ3) is 2.74. The van der Waals surface area contributed by atoms with E-state index in [2.05, 4.69) is 0 Å². The summed E-state index contributed by atoms with van der Waals surface area (Å²) in [7, 11) is 6.00. The van der Waals surface area contributed by atoms with Crippen molar-refractivity contribution in [3.05, 3.63) is 46.5 Å². The molecule has 0 spiro atoms. The number of carbonyl (C=O) groups excluding carboxylic acids is 1. The Hall–Kier alpha value is -3.42. The van der Waals surface area contributed by atoms with Gasteiger partial charge in [0.05, 0.1) is 40.0 Å². The predicted octanol–water partition coefficient (Wildman–Crippen LogP) is 2.64. The zero-order chi connectivity index (χ0) is 21.6. The molecule has 158 valence electrons. The van der Waals surface area contributed by atoms with Crippen molar-refractivity contribution in [2.75, 3.05) is 35.0 Å². The molecular weight excluding hydrogens is 390 g/mol. The molecular formula is C22H23NO7. The van der Waals surface area contributed by atoms with Crippen molar-refractivity contribution in [1.29, 1.82) is 0 Å². The molecule has 30 heavy (non-hydrogen) atoms. The molecule has 0 saturated carbocycles. The fourth-order valence-corrected chi connectivity index (χ4v) is 4.57. The van der Waals surface area contributed by atoms with Crippen molar-refractivity contribution >= 4 is 11.9 Å². The maximum absolute atomic E-state index is 13.5. The van der Waals surface area contributed by atoms with Crippen LogP contribution in [0.2, 0.25) is 0 Å². The first-order valence-electron chi connectivity index (χ1n) is 9.50. The van der Waals surface area contributed by atoms with Gasteiger partial charge in [0.15, 0.2) is 23.0 Å². The van der Waals surface area contributed by atoms with E-state index in [1.54, 1.807) is 30.2 Å². The summed E-state index contributed by atoms with van der Waals surface area (Å²) in [5.41, 5.74) is 2.34. The Bertz CT molecular complexity index is 1030. The first-order valence-corrected chi connectivity index (χ1v) is 9.50. The lowest BCUT2D eigenvalue weighted by Crippen LogP contribution is -2.48. The number of rotatable bonds is 5. The van der Waals surface area contributed by atoms with Crippen LogP contribution in [-0.4, -0.2) is 56.9 Å². The number of amides is 1. The molecule has 1 amide bonds. The maximum Gasteiger partial charge on any atom is 0.313 e. The van der Waals surface area contributed by atoms with E-state index in [0.717, 1.165) is 11.1 Å². The van der Waals surface area contributed by atoms with Gasteiger partial charge < -0.3 is 29.0 Å². The lowest BCUT2D eigenvalue weighted by Gasteiger charge is -2.44. The second-order valence-corrected chi connectivity index (χ2v) is 7.18. The molecule has 2 heterocycles. The number of aliphatic carboxylic acids is 1. The van der Waals surface area contributed by atoms with Crippen LogP contribution in [0.15, 0.2) is 24.3 Å². The Balaban J connectivity index is 1.97. The Morgan fingerprint density at radius 3 is 2.23 bits per heavy atom. The number of carbonyl (C=O) groups is 2. The van der Waals surface area contributed by atoms with E-state index >= 15 is 0 Å². The van der Waals surface area contributed by atoms with E-state index < -0.39 is 17.9 Å². The Labute approximate surface area is 173 Å². The fraction of sp³-hybridized carbons (Fsp3) is 0.364. The van der Waals surface area contributed by atoms with Gasteiger partial charge in [-0.15, -0.1) is 0 Å². The maximum atomic E-state index is 13.5. The summed E-state index contributed by atoms with van der Waals surface area (Å²) < 4.78 is 21.6. The highest BCUT2D eigenvalue weighted by atomic mass is 16.5. The van der Waals surface area contributed by atoms with Crippen LogP contribution >= 0.6 is 0 Å². The number of ether oxygens (including phenoxy) is 4. The average Bonchev–Trinajstić information content (AvgIpc) is 2.76. The molecule has 4 rings (SSSR count). The Morgan fingerprint density at radius 1 is 0.967 bits per heavy atom. The SMILES string of the molecule is COc1cc2c(cc1OC)C1C(C(=O)O)c3ccc(OC)c(OC)c3C(=O)N1CC2. The van der Waals surface area contributed by atoms with Crippen LogP contribution in [0.25, 0.3) is 0 Å². The lowest BCUT2D eigenvalue weighted by molar-refractivity contribution is -0.140. The molecule has 8 heteroatoms. The van der Waals surface area contributed by atoms with Gasteiger partial charge in [-0.2, -0.15) is 0 Å². The Morgan fingerprint density at radius 2 is 1.63 bits per heavy atom. The summed E-state index contributed by atoms with van der Waals surface area (Å²) in [4.78, 5) is 27.6. The van der Waals surface area contributed by atoms with E-state index in [-0.39, 0.29) is 17.2 Å². The standard InChI is InChI=1S/C22H23NO7/c1-27-14-6-5-12-17(22(25)26)19-13-10-16(29-3)15(28-2)9-11(13)7-8-23(19)21(24)18(12)20(14)30-4/h5-6,9-10,17,19H,7-8H2,1-4H3,(H,25,26). The topological polar surface area (TPSA) is 94.5 Å². The Kier molecular flexibility index (Phi) is 4.93. The zero-order valence-corrected chi connectivity index (χ0v) is 17.2. The van der Waals surface area contributed by atoms with Crippen molar-refractivity contribution in [3.8, 4) is 23.0 Å². The molecule has 2 aliphatic rings. The molecule has 0 fully saturated rings. The van der Waals surface area contributed by atoms with Gasteiger partial charge in [0.2, 0.25) is 0 Å². The molecule has 0 radical (unpaired) electrons. The van der Waals surface area contributed by atoms with Gasteiger partial charge in [0, 0.05) is 6.54 Å². The molecule has 2 unspecified atom stereocenters. The van der Waals surface area contributed by atoms with Gasteiger partial charge in [-0.05, 0) is 41.3 Å². The summed E-state index contributed by atoms with van der Waals surface area (Å²) in [5, 5.41) is 10.2. The molecule has 2 aromatic carbocycles. The summed E-state index contributed by atoms with van der Waals surface area (Å²) in [6.45, 7) is 0.384. The zero-order valence-electron chi connectivity index (χ0n) is 17.2. The molecule has 0 bridgehead atoms. The molecule has 0 saturated heterocycles. The second-order valence-electron chi connectivity index (χ2n) is 7.18. The van der Waals surface area contributed by atoms with Gasteiger partial charge in [-0.25, -0.2) is 0 Å². The highest BCUT2D eigenvalue weighted by Crippen LogP contribution is 2.51. The van der Waals surface area contributed by atoms with Crippen molar-refractivity contribution in [3.63, 3.8) is 0 Å². The third-order valence-corrected chi connectivity index (χ3v) is 5.89. The van der Waals surface area contributed by atoms with Gasteiger partial charge in [-0.3, -0.25) is 9.59 Å². The third-order valence-electron chi connectivity index (χ3n) is 5.89. The summed E-state index contributed by atoms with van der Waals surface area (Å²) in [6, 6.07) is 6.25. The summed E-state index contributed by atoms with van der Waals surface area (Å²) >= 11 is 0. The van der Waals surface area contributed by atoms with Crippen molar-refractivity contribution in [2.24, 2.45) is 0 Å². The molecule has 1 N–H and O–H groups in total. The first kappa shape index (κ1) is 19.9. The van der Waals surface area contributed by atoms with Gasteiger partial charge >= 0.3 is 5.97 Å². The van der Waals surface area contributed by atoms with Crippen LogP contribution in [0.1, 0.15) is 39.0 Å². The van der Waals surface area contributed by atoms with E-state index in [1.807, 2.05) is 6.07 Å². The van der Waals surface area contributed by atoms with Crippen LogP contribution < -0.4 is 18.9 Å². The van der Waals surface area contributed by atoms with Gasteiger partial charge in [-0.1, -0.05) is 6.07 Å². The molecule has 2 atom stereocenters. The number of fused-ring (bicyclic) bond motifs is 4.